The third-order valence-electron chi connectivity index (χ3n) is 3.16. The van der Waals surface area contributed by atoms with Crippen molar-refractivity contribution in [3.8, 4) is 5.75 Å². The number of nitrogens with two attached hydrogens (primary N) is 1. The van der Waals surface area contributed by atoms with E-state index in [1.165, 1.54) is 18.8 Å². The molecule has 1 unspecified atom stereocenters. The first kappa shape index (κ1) is 13.7. The van der Waals surface area contributed by atoms with E-state index in [1.54, 1.807) is 0 Å². The lowest BCUT2D eigenvalue weighted by Crippen LogP contribution is -2.39. The Hall–Kier alpha value is -0.710. The van der Waals surface area contributed by atoms with Crippen molar-refractivity contribution >= 4 is 11.8 Å². The van der Waals surface area contributed by atoms with Crippen LogP contribution in [0.5, 0.6) is 5.75 Å². The maximum absolute atomic E-state index is 5.75. The van der Waals surface area contributed by atoms with Crippen molar-refractivity contribution in [1.82, 2.24) is 4.90 Å². The number of benzene rings is 1. The fourth-order valence-electron chi connectivity index (χ4n) is 2.11. The van der Waals surface area contributed by atoms with Gasteiger partial charge in [0.1, 0.15) is 12.4 Å². The highest BCUT2D eigenvalue weighted by molar-refractivity contribution is 7.99. The van der Waals surface area contributed by atoms with Gasteiger partial charge in [0, 0.05) is 37.2 Å². The summed E-state index contributed by atoms with van der Waals surface area (Å²) < 4.78 is 5.75. The van der Waals surface area contributed by atoms with E-state index in [9.17, 15) is 0 Å². The summed E-state index contributed by atoms with van der Waals surface area (Å²) in [5, 5.41) is 0.752. The topological polar surface area (TPSA) is 38.5 Å². The Labute approximate surface area is 114 Å². The molecule has 0 bridgehead atoms. The normalized spacial score (nSPS) is 20.9. The average Bonchev–Trinajstić information content (AvgIpc) is 2.40. The molecule has 3 nitrogen and oxygen atoms in total. The smallest absolute Gasteiger partial charge is 0.119 e. The summed E-state index contributed by atoms with van der Waals surface area (Å²) in [5.74, 6) is 2.18. The molecule has 1 saturated heterocycles. The molecule has 100 valence electrons. The number of rotatable bonds is 5. The standard InChI is InChI=1S/C14H22N2OS/c1-12-11-16(7-9-18-12)6-8-17-14-4-2-13(10-15)3-5-14/h2-5,12H,6-11,15H2,1H3. The van der Waals surface area contributed by atoms with E-state index in [0.29, 0.717) is 6.54 Å². The SMILES string of the molecule is CC1CN(CCOc2ccc(CN)cc2)CCS1. The lowest BCUT2D eigenvalue weighted by Gasteiger charge is -2.30. The molecule has 2 N–H and O–H groups in total. The van der Waals surface area contributed by atoms with Crippen LogP contribution in [-0.4, -0.2) is 42.1 Å². The van der Waals surface area contributed by atoms with Crippen LogP contribution in [0.1, 0.15) is 12.5 Å². The van der Waals surface area contributed by atoms with Crippen molar-refractivity contribution in [3.63, 3.8) is 0 Å². The zero-order valence-electron chi connectivity index (χ0n) is 11.0. The highest BCUT2D eigenvalue weighted by atomic mass is 32.2. The van der Waals surface area contributed by atoms with E-state index in [0.717, 1.165) is 29.7 Å². The van der Waals surface area contributed by atoms with E-state index >= 15 is 0 Å². The zero-order chi connectivity index (χ0) is 12.8. The van der Waals surface area contributed by atoms with Gasteiger partial charge in [0.15, 0.2) is 0 Å². The predicted molar refractivity (Wildman–Crippen MR) is 78.2 cm³/mol. The van der Waals surface area contributed by atoms with Crippen LogP contribution in [0.2, 0.25) is 0 Å². The van der Waals surface area contributed by atoms with Gasteiger partial charge in [0.05, 0.1) is 0 Å². The van der Waals surface area contributed by atoms with Crippen LogP contribution in [0.3, 0.4) is 0 Å². The summed E-state index contributed by atoms with van der Waals surface area (Å²) in [6, 6.07) is 8.04. The highest BCUT2D eigenvalue weighted by Gasteiger charge is 2.15. The minimum absolute atomic E-state index is 0.587. The van der Waals surface area contributed by atoms with Crippen molar-refractivity contribution < 1.29 is 4.74 Å². The monoisotopic (exact) mass is 266 g/mol. The van der Waals surface area contributed by atoms with Crippen molar-refractivity contribution in [2.75, 3.05) is 32.0 Å². The Bertz CT molecular complexity index is 355. The van der Waals surface area contributed by atoms with E-state index in [2.05, 4.69) is 23.6 Å². The summed E-state index contributed by atoms with van der Waals surface area (Å²) in [4.78, 5) is 2.48. The van der Waals surface area contributed by atoms with Gasteiger partial charge in [0.25, 0.3) is 0 Å². The second-order valence-electron chi connectivity index (χ2n) is 4.68. The van der Waals surface area contributed by atoms with Crippen molar-refractivity contribution in [2.45, 2.75) is 18.7 Å². The first-order chi connectivity index (χ1) is 8.78. The quantitative estimate of drug-likeness (QED) is 0.884. The number of hydrogen-bond acceptors (Lipinski definition) is 4. The summed E-state index contributed by atoms with van der Waals surface area (Å²) >= 11 is 2.06. The largest absolute Gasteiger partial charge is 0.492 e. The van der Waals surface area contributed by atoms with E-state index < -0.39 is 0 Å². The van der Waals surface area contributed by atoms with Gasteiger partial charge in [0.2, 0.25) is 0 Å². The van der Waals surface area contributed by atoms with Crippen molar-refractivity contribution in [1.29, 1.82) is 0 Å². The minimum Gasteiger partial charge on any atom is -0.492 e. The fourth-order valence-corrected chi connectivity index (χ4v) is 3.19. The molecular weight excluding hydrogens is 244 g/mol. The van der Waals surface area contributed by atoms with Gasteiger partial charge in [-0.05, 0) is 17.7 Å². The van der Waals surface area contributed by atoms with Gasteiger partial charge >= 0.3 is 0 Å². The number of thioether (sulfide) groups is 1. The first-order valence-corrected chi connectivity index (χ1v) is 7.58. The zero-order valence-corrected chi connectivity index (χ0v) is 11.8. The molecule has 0 amide bonds. The lowest BCUT2D eigenvalue weighted by atomic mass is 10.2. The third kappa shape index (κ3) is 4.19. The van der Waals surface area contributed by atoms with Crippen LogP contribution in [-0.2, 0) is 6.54 Å². The highest BCUT2D eigenvalue weighted by Crippen LogP contribution is 2.17. The first-order valence-electron chi connectivity index (χ1n) is 6.53. The Balaban J connectivity index is 1.70. The van der Waals surface area contributed by atoms with Gasteiger partial charge in [-0.3, -0.25) is 4.90 Å². The number of hydrogen-bond donors (Lipinski definition) is 1. The van der Waals surface area contributed by atoms with Crippen LogP contribution >= 0.6 is 11.8 Å². The van der Waals surface area contributed by atoms with Crippen LogP contribution in [0.25, 0.3) is 0 Å². The van der Waals surface area contributed by atoms with Crippen molar-refractivity contribution in [3.05, 3.63) is 29.8 Å². The third-order valence-corrected chi connectivity index (χ3v) is 4.30. The minimum atomic E-state index is 0.587. The van der Waals surface area contributed by atoms with Gasteiger partial charge < -0.3 is 10.5 Å². The maximum Gasteiger partial charge on any atom is 0.119 e. The predicted octanol–water partition coefficient (Wildman–Crippen LogP) is 1.96. The maximum atomic E-state index is 5.75. The molecule has 2 rings (SSSR count). The van der Waals surface area contributed by atoms with E-state index in [1.807, 2.05) is 24.3 Å². The second-order valence-corrected chi connectivity index (χ2v) is 6.22. The van der Waals surface area contributed by atoms with E-state index in [4.69, 9.17) is 10.5 Å². The molecule has 0 aromatic heterocycles. The molecule has 4 heteroatoms. The van der Waals surface area contributed by atoms with Crippen LogP contribution in [0.15, 0.2) is 24.3 Å². The molecule has 0 radical (unpaired) electrons. The average molecular weight is 266 g/mol. The van der Waals surface area contributed by atoms with Crippen molar-refractivity contribution in [2.24, 2.45) is 5.73 Å². The molecule has 1 atom stereocenters. The number of nitrogens with zero attached hydrogens (tertiary/aromatic N) is 1. The fraction of sp³-hybridized carbons (Fsp3) is 0.571. The summed E-state index contributed by atoms with van der Waals surface area (Å²) in [6.45, 7) is 7.03. The van der Waals surface area contributed by atoms with E-state index in [-0.39, 0.29) is 0 Å². The molecule has 1 aliphatic heterocycles. The molecule has 1 heterocycles. The molecule has 1 aromatic rings. The Kier molecular flexibility index (Phi) is 5.35. The van der Waals surface area contributed by atoms with Crippen LogP contribution in [0.4, 0.5) is 0 Å². The molecule has 0 spiro atoms. The Morgan fingerprint density at radius 3 is 2.83 bits per heavy atom. The lowest BCUT2D eigenvalue weighted by molar-refractivity contribution is 0.215. The molecular formula is C14H22N2OS. The van der Waals surface area contributed by atoms with Gasteiger partial charge in [-0.2, -0.15) is 11.8 Å². The summed E-state index contributed by atoms with van der Waals surface area (Å²) in [6.07, 6.45) is 0. The Morgan fingerprint density at radius 2 is 2.17 bits per heavy atom. The summed E-state index contributed by atoms with van der Waals surface area (Å²) in [5.41, 5.74) is 6.70. The molecule has 0 aliphatic carbocycles. The second kappa shape index (κ2) is 7.02. The number of ether oxygens (including phenoxy) is 1. The molecule has 1 fully saturated rings. The van der Waals surface area contributed by atoms with Gasteiger partial charge in [-0.15, -0.1) is 0 Å². The Morgan fingerprint density at radius 1 is 1.39 bits per heavy atom. The van der Waals surface area contributed by atoms with Crippen LogP contribution in [0, 0.1) is 0 Å². The molecule has 1 aromatic carbocycles. The summed E-state index contributed by atoms with van der Waals surface area (Å²) in [7, 11) is 0. The molecule has 18 heavy (non-hydrogen) atoms. The van der Waals surface area contributed by atoms with Gasteiger partial charge in [-0.25, -0.2) is 0 Å². The molecule has 1 aliphatic rings. The molecule has 0 saturated carbocycles. The van der Waals surface area contributed by atoms with Gasteiger partial charge in [-0.1, -0.05) is 19.1 Å². The van der Waals surface area contributed by atoms with Crippen LogP contribution < -0.4 is 10.5 Å².